The molecule has 3 heteroatoms. The first-order chi connectivity index (χ1) is 16.6. The maximum atomic E-state index is 14.1. The molecular weight excluding hydrogens is 433 g/mol. The summed E-state index contributed by atoms with van der Waals surface area (Å²) in [5.41, 5.74) is 2.56. The molecule has 166 valence electrons. The summed E-state index contributed by atoms with van der Waals surface area (Å²) >= 11 is 0. The minimum absolute atomic E-state index is 0.140. The number of anilines is 1. The minimum atomic E-state index is -2.35. The number of likely N-dealkylation sites (N-methyl/N-ethyl adjacent to an activating group) is 1. The van der Waals surface area contributed by atoms with E-state index in [2.05, 4.69) is 122 Å². The average molecular weight is 460 g/mol. The molecular formula is C31H26NOP. The van der Waals surface area contributed by atoms with E-state index < -0.39 is 12.3 Å². The Morgan fingerprint density at radius 1 is 0.647 bits per heavy atom. The summed E-state index contributed by atoms with van der Waals surface area (Å²) in [5.74, 6) is 0.140. The normalized spacial score (nSPS) is 19.1. The average Bonchev–Trinajstić information content (AvgIpc) is 3.12. The van der Waals surface area contributed by atoms with Crippen LogP contribution >= 0.6 is 6.89 Å². The highest BCUT2D eigenvalue weighted by atomic mass is 31.2. The highest BCUT2D eigenvalue weighted by Gasteiger charge is 2.58. The predicted octanol–water partition coefficient (Wildman–Crippen LogP) is 5.03. The van der Waals surface area contributed by atoms with Gasteiger partial charge in [0.1, 0.15) is 5.41 Å². The topological polar surface area (TPSA) is 20.3 Å². The Morgan fingerprint density at radius 3 is 1.56 bits per heavy atom. The van der Waals surface area contributed by atoms with Crippen molar-refractivity contribution in [2.45, 2.75) is 12.3 Å². The first-order valence-electron chi connectivity index (χ1n) is 11.6. The Balaban J connectivity index is 1.87. The number of para-hydroxylation sites is 1. The van der Waals surface area contributed by atoms with Crippen LogP contribution in [-0.2, 0) is 10.2 Å². The van der Waals surface area contributed by atoms with Gasteiger partial charge in [0.25, 0.3) is 0 Å². The van der Waals surface area contributed by atoms with Crippen LogP contribution in [0.1, 0.15) is 12.5 Å². The second kappa shape index (κ2) is 7.72. The maximum Gasteiger partial charge on any atom is 0.245 e. The molecule has 6 rings (SSSR count). The van der Waals surface area contributed by atoms with Gasteiger partial charge in [-0.1, -0.05) is 115 Å². The Kier molecular flexibility index (Phi) is 4.76. The number of rotatable bonds is 3. The molecule has 1 amide bonds. The van der Waals surface area contributed by atoms with E-state index in [-0.39, 0.29) is 5.91 Å². The lowest BCUT2D eigenvalue weighted by atomic mass is 9.67. The van der Waals surface area contributed by atoms with Crippen molar-refractivity contribution in [3.8, 4) is 0 Å². The first-order valence-corrected chi connectivity index (χ1v) is 13.4. The van der Waals surface area contributed by atoms with Gasteiger partial charge >= 0.3 is 0 Å². The fraction of sp³-hybridized carbons (Fsp3) is 0.0968. The van der Waals surface area contributed by atoms with Gasteiger partial charge in [-0.2, -0.15) is 0 Å². The van der Waals surface area contributed by atoms with Crippen molar-refractivity contribution in [3.05, 3.63) is 132 Å². The van der Waals surface area contributed by atoms with Crippen molar-refractivity contribution >= 4 is 39.7 Å². The third-order valence-electron chi connectivity index (χ3n) is 7.28. The first kappa shape index (κ1) is 21.0. The van der Waals surface area contributed by atoms with Crippen molar-refractivity contribution in [1.29, 1.82) is 0 Å². The third kappa shape index (κ3) is 2.61. The van der Waals surface area contributed by atoms with Gasteiger partial charge in [0.15, 0.2) is 0 Å². The summed E-state index contributed by atoms with van der Waals surface area (Å²) in [6.07, 6.45) is 2.20. The standard InChI is InChI=1S/C31H26NOP/c1-23-22-31(27-20-12-13-21-28(27)32(2)30(31)33)29(23)34(24-14-6-3-7-15-24,25-16-8-4-9-17-25)26-18-10-5-11-19-26/h3-22H,1-2H3. The zero-order valence-corrected chi connectivity index (χ0v) is 20.2. The SMILES string of the molecule is CC1=CC2(C(=O)N(C)c3ccccc32)C1=P(c1ccccc1)(c1ccccc1)c1ccccc1. The molecule has 0 saturated carbocycles. The quantitative estimate of drug-likeness (QED) is 0.394. The van der Waals surface area contributed by atoms with E-state index in [0.717, 1.165) is 11.3 Å². The van der Waals surface area contributed by atoms with Gasteiger partial charge in [-0.05, 0) is 52.2 Å². The van der Waals surface area contributed by atoms with Gasteiger partial charge in [-0.25, -0.2) is 0 Å². The van der Waals surface area contributed by atoms with Crippen LogP contribution in [0.2, 0.25) is 0 Å². The zero-order valence-electron chi connectivity index (χ0n) is 19.3. The molecule has 4 aromatic carbocycles. The Morgan fingerprint density at radius 2 is 1.09 bits per heavy atom. The number of hydrogen-bond acceptors (Lipinski definition) is 1. The number of amides is 1. The number of fused-ring (bicyclic) bond motifs is 2. The molecule has 34 heavy (non-hydrogen) atoms. The van der Waals surface area contributed by atoms with E-state index in [0.29, 0.717) is 0 Å². The lowest BCUT2D eigenvalue weighted by Gasteiger charge is -2.45. The van der Waals surface area contributed by atoms with Gasteiger partial charge < -0.3 is 4.90 Å². The maximum absolute atomic E-state index is 14.1. The summed E-state index contributed by atoms with van der Waals surface area (Å²) in [7, 11) is 1.91. The number of nitrogens with zero attached hydrogens (tertiary/aromatic N) is 1. The summed E-state index contributed by atoms with van der Waals surface area (Å²) in [4.78, 5) is 16.0. The number of allylic oxidation sites excluding steroid dienone is 1. The van der Waals surface area contributed by atoms with Crippen LogP contribution in [0.25, 0.3) is 0 Å². The number of carbonyl (C=O) groups is 1. The molecule has 4 aromatic rings. The van der Waals surface area contributed by atoms with E-state index in [1.807, 2.05) is 18.0 Å². The van der Waals surface area contributed by atoms with E-state index in [1.54, 1.807) is 0 Å². The molecule has 1 heterocycles. The zero-order chi connectivity index (χ0) is 23.3. The van der Waals surface area contributed by atoms with Crippen molar-refractivity contribution in [2.75, 3.05) is 11.9 Å². The number of benzene rings is 4. The van der Waals surface area contributed by atoms with Crippen molar-refractivity contribution < 1.29 is 4.79 Å². The molecule has 0 bridgehead atoms. The van der Waals surface area contributed by atoms with Gasteiger partial charge in [0, 0.05) is 12.7 Å². The van der Waals surface area contributed by atoms with E-state index in [1.165, 1.54) is 26.8 Å². The van der Waals surface area contributed by atoms with Crippen molar-refractivity contribution in [3.63, 3.8) is 0 Å². The second-order valence-corrected chi connectivity index (χ2v) is 12.4. The van der Waals surface area contributed by atoms with Crippen molar-refractivity contribution in [2.24, 2.45) is 0 Å². The Hall–Kier alpha value is -3.61. The van der Waals surface area contributed by atoms with Crippen LogP contribution in [0.5, 0.6) is 0 Å². The second-order valence-electron chi connectivity index (χ2n) is 9.04. The minimum Gasteiger partial charge on any atom is -0.314 e. The van der Waals surface area contributed by atoms with Crippen LogP contribution in [-0.4, -0.2) is 18.2 Å². The van der Waals surface area contributed by atoms with E-state index >= 15 is 0 Å². The van der Waals surface area contributed by atoms with Crippen LogP contribution in [0, 0.1) is 0 Å². The summed E-state index contributed by atoms with van der Waals surface area (Å²) < 4.78 is 0. The molecule has 0 aromatic heterocycles. The molecule has 1 aliphatic heterocycles. The number of hydrogen-bond donors (Lipinski definition) is 0. The summed E-state index contributed by atoms with van der Waals surface area (Å²) in [6, 6.07) is 40.7. The van der Waals surface area contributed by atoms with Crippen LogP contribution in [0.3, 0.4) is 0 Å². The van der Waals surface area contributed by atoms with E-state index in [4.69, 9.17) is 0 Å². The Bertz CT molecular complexity index is 1390. The highest BCUT2D eigenvalue weighted by molar-refractivity contribution is 7.96. The van der Waals surface area contributed by atoms with Crippen molar-refractivity contribution in [1.82, 2.24) is 0 Å². The molecule has 1 spiro atoms. The van der Waals surface area contributed by atoms with Gasteiger partial charge in [0.2, 0.25) is 5.91 Å². The van der Waals surface area contributed by atoms with Crippen LogP contribution in [0.4, 0.5) is 5.69 Å². The largest absolute Gasteiger partial charge is 0.314 e. The van der Waals surface area contributed by atoms with Crippen LogP contribution < -0.4 is 20.8 Å². The fourth-order valence-corrected chi connectivity index (χ4v) is 10.9. The molecule has 0 N–H and O–H groups in total. The highest BCUT2D eigenvalue weighted by Crippen LogP contribution is 2.60. The molecule has 0 fully saturated rings. The third-order valence-corrected chi connectivity index (χ3v) is 11.9. The molecule has 1 aliphatic carbocycles. The number of carbonyl (C=O) groups excluding carboxylic acids is 1. The molecule has 2 aliphatic rings. The summed E-state index contributed by atoms with van der Waals surface area (Å²) in [6.45, 7) is -0.168. The molecule has 0 saturated heterocycles. The Labute approximate surface area is 201 Å². The molecule has 1 atom stereocenters. The van der Waals surface area contributed by atoms with Crippen LogP contribution in [0.15, 0.2) is 127 Å². The fourth-order valence-electron chi connectivity index (χ4n) is 5.97. The van der Waals surface area contributed by atoms with Gasteiger partial charge in [-0.15, -0.1) is 0 Å². The monoisotopic (exact) mass is 459 g/mol. The summed E-state index contributed by atoms with van der Waals surface area (Å²) in [5, 5.41) is 5.07. The molecule has 2 nitrogen and oxygen atoms in total. The predicted molar refractivity (Wildman–Crippen MR) is 145 cm³/mol. The van der Waals surface area contributed by atoms with Gasteiger partial charge in [-0.3, -0.25) is 4.79 Å². The lowest BCUT2D eigenvalue weighted by molar-refractivity contribution is -0.119. The molecule has 1 unspecified atom stereocenters. The lowest BCUT2D eigenvalue weighted by Crippen LogP contribution is -2.53. The van der Waals surface area contributed by atoms with E-state index in [9.17, 15) is 4.79 Å². The van der Waals surface area contributed by atoms with Gasteiger partial charge in [0.05, 0.1) is 0 Å². The molecule has 0 radical (unpaired) electrons. The smallest absolute Gasteiger partial charge is 0.245 e.